The lowest BCUT2D eigenvalue weighted by Crippen LogP contribution is -2.36. The van der Waals surface area contributed by atoms with Crippen LogP contribution in [-0.4, -0.2) is 16.5 Å². The van der Waals surface area contributed by atoms with E-state index in [4.69, 9.17) is 23.2 Å². The van der Waals surface area contributed by atoms with E-state index in [-0.39, 0.29) is 17.5 Å². The number of carbonyl (C=O) groups excluding carboxylic acids is 1. The van der Waals surface area contributed by atoms with Crippen molar-refractivity contribution in [3.63, 3.8) is 0 Å². The lowest BCUT2D eigenvalue weighted by atomic mass is 9.95. The molecule has 6 heteroatoms. The molecule has 1 N–H and O–H groups in total. The van der Waals surface area contributed by atoms with Gasteiger partial charge in [0.05, 0.1) is 0 Å². The number of fused-ring (bicyclic) bond motifs is 1. The van der Waals surface area contributed by atoms with Gasteiger partial charge in [-0.3, -0.25) is 4.79 Å². The molecule has 1 saturated carbocycles. The maximum absolute atomic E-state index is 12.7. The average Bonchev–Trinajstić information content (AvgIpc) is 3.12. The zero-order valence-corrected chi connectivity index (χ0v) is 18.6. The fourth-order valence-corrected chi connectivity index (χ4v) is 4.64. The maximum atomic E-state index is 12.7. The molecule has 31 heavy (non-hydrogen) atoms. The quantitative estimate of drug-likeness (QED) is 0.362. The van der Waals surface area contributed by atoms with Crippen LogP contribution >= 0.6 is 23.2 Å². The number of nitriles is 1. The number of amides is 1. The van der Waals surface area contributed by atoms with E-state index in [1.165, 1.54) is 6.42 Å². The first-order chi connectivity index (χ1) is 15.0. The monoisotopic (exact) mass is 451 g/mol. The number of hydrogen-bond donors (Lipinski definition) is 1. The molecule has 0 atom stereocenters. The largest absolute Gasteiger partial charge is 0.349 e. The van der Waals surface area contributed by atoms with Gasteiger partial charge in [0, 0.05) is 45.3 Å². The van der Waals surface area contributed by atoms with E-state index in [1.807, 2.05) is 42.6 Å². The maximum Gasteiger partial charge on any atom is 0.262 e. The van der Waals surface area contributed by atoms with Crippen LogP contribution in [0.15, 0.2) is 54.2 Å². The van der Waals surface area contributed by atoms with Gasteiger partial charge in [-0.15, -0.1) is 0 Å². The van der Waals surface area contributed by atoms with E-state index in [0.717, 1.165) is 47.7 Å². The smallest absolute Gasteiger partial charge is 0.262 e. The Kier molecular flexibility index (Phi) is 6.65. The van der Waals surface area contributed by atoms with Crippen molar-refractivity contribution in [2.75, 3.05) is 0 Å². The zero-order valence-electron chi connectivity index (χ0n) is 17.1. The van der Waals surface area contributed by atoms with E-state index in [9.17, 15) is 10.1 Å². The molecular weight excluding hydrogens is 429 g/mol. The molecule has 0 unspecified atom stereocenters. The molecule has 4 nitrogen and oxygen atoms in total. The molecule has 1 aromatic heterocycles. The number of carbonyl (C=O) groups is 1. The van der Waals surface area contributed by atoms with E-state index in [1.54, 1.807) is 12.1 Å². The highest BCUT2D eigenvalue weighted by Crippen LogP contribution is 2.27. The summed E-state index contributed by atoms with van der Waals surface area (Å²) in [7, 11) is 0. The Balaban J connectivity index is 1.65. The number of benzene rings is 2. The Morgan fingerprint density at radius 3 is 2.68 bits per heavy atom. The molecule has 158 valence electrons. The summed E-state index contributed by atoms with van der Waals surface area (Å²) in [5, 5.41) is 14.9. The molecule has 4 rings (SSSR count). The second-order valence-corrected chi connectivity index (χ2v) is 8.79. The molecule has 2 aromatic carbocycles. The van der Waals surface area contributed by atoms with Gasteiger partial charge in [-0.05, 0) is 42.7 Å². The summed E-state index contributed by atoms with van der Waals surface area (Å²) in [5.41, 5.74) is 2.90. The van der Waals surface area contributed by atoms with E-state index in [0.29, 0.717) is 16.6 Å². The Labute approximate surface area is 192 Å². The fourth-order valence-electron chi connectivity index (χ4n) is 4.17. The minimum atomic E-state index is -0.299. The van der Waals surface area contributed by atoms with Crippen LogP contribution in [0.2, 0.25) is 10.0 Å². The molecule has 0 saturated heterocycles. The third-order valence-electron chi connectivity index (χ3n) is 5.78. The van der Waals surface area contributed by atoms with Gasteiger partial charge in [0.25, 0.3) is 5.91 Å². The van der Waals surface area contributed by atoms with E-state index >= 15 is 0 Å². The Bertz CT molecular complexity index is 1180. The standard InChI is InChI=1S/C25H23Cl2N3O/c26-20-11-10-17(23(27)13-20)15-30-16-19(22-8-4-5-9-24(22)30)12-18(14-28)25(31)29-21-6-2-1-3-7-21/h4-5,8-13,16,21H,1-3,6-7,15H2,(H,29,31)/b18-12+. The number of hydrogen-bond acceptors (Lipinski definition) is 2. The Morgan fingerprint density at radius 2 is 1.94 bits per heavy atom. The van der Waals surface area contributed by atoms with Crippen molar-refractivity contribution in [2.45, 2.75) is 44.7 Å². The molecule has 0 aliphatic heterocycles. The number of halogens is 2. The molecule has 3 aromatic rings. The first-order valence-corrected chi connectivity index (χ1v) is 11.2. The topological polar surface area (TPSA) is 57.8 Å². The molecule has 1 heterocycles. The average molecular weight is 452 g/mol. The number of nitrogens with zero attached hydrogens (tertiary/aromatic N) is 2. The predicted molar refractivity (Wildman–Crippen MR) is 126 cm³/mol. The zero-order chi connectivity index (χ0) is 21.8. The molecule has 1 aliphatic carbocycles. The normalized spacial score (nSPS) is 15.1. The molecule has 1 aliphatic rings. The highest BCUT2D eigenvalue weighted by molar-refractivity contribution is 6.35. The van der Waals surface area contributed by atoms with Crippen molar-refractivity contribution in [1.82, 2.24) is 9.88 Å². The van der Waals surface area contributed by atoms with Crippen LogP contribution in [0.5, 0.6) is 0 Å². The second kappa shape index (κ2) is 9.60. The molecular formula is C25H23Cl2N3O. The third-order valence-corrected chi connectivity index (χ3v) is 6.37. The van der Waals surface area contributed by atoms with Crippen molar-refractivity contribution in [3.05, 3.63) is 75.4 Å². The van der Waals surface area contributed by atoms with Crippen molar-refractivity contribution in [1.29, 1.82) is 5.26 Å². The number of para-hydroxylation sites is 1. The summed E-state index contributed by atoms with van der Waals surface area (Å²) >= 11 is 12.4. The SMILES string of the molecule is N#C/C(=C\c1cn(Cc2ccc(Cl)cc2Cl)c2ccccc12)C(=O)NC1CCCCC1. The van der Waals surface area contributed by atoms with Crippen molar-refractivity contribution < 1.29 is 4.79 Å². The summed E-state index contributed by atoms with van der Waals surface area (Å²) in [4.78, 5) is 12.7. The third kappa shape index (κ3) is 4.95. The lowest BCUT2D eigenvalue weighted by Gasteiger charge is -2.22. The molecule has 1 fully saturated rings. The summed E-state index contributed by atoms with van der Waals surface area (Å²) in [5.74, 6) is -0.299. The van der Waals surface area contributed by atoms with Gasteiger partial charge >= 0.3 is 0 Å². The summed E-state index contributed by atoms with van der Waals surface area (Å²) < 4.78 is 2.07. The van der Waals surface area contributed by atoms with Gasteiger partial charge in [0.1, 0.15) is 11.6 Å². The van der Waals surface area contributed by atoms with Crippen LogP contribution in [0.4, 0.5) is 0 Å². The molecule has 0 radical (unpaired) electrons. The summed E-state index contributed by atoms with van der Waals surface area (Å²) in [6, 6.07) is 15.6. The van der Waals surface area contributed by atoms with E-state index in [2.05, 4.69) is 16.0 Å². The minimum Gasteiger partial charge on any atom is -0.349 e. The van der Waals surface area contributed by atoms with Crippen molar-refractivity contribution in [2.24, 2.45) is 0 Å². The van der Waals surface area contributed by atoms with Gasteiger partial charge in [0.2, 0.25) is 0 Å². The lowest BCUT2D eigenvalue weighted by molar-refractivity contribution is -0.117. The first kappa shape index (κ1) is 21.5. The summed E-state index contributed by atoms with van der Waals surface area (Å²) in [6.07, 6.45) is 9.05. The predicted octanol–water partition coefficient (Wildman–Crippen LogP) is 6.35. The van der Waals surface area contributed by atoms with Crippen LogP contribution < -0.4 is 5.32 Å². The van der Waals surface area contributed by atoms with Crippen LogP contribution in [-0.2, 0) is 11.3 Å². The van der Waals surface area contributed by atoms with Crippen LogP contribution in [0.3, 0.4) is 0 Å². The first-order valence-electron chi connectivity index (χ1n) is 10.5. The van der Waals surface area contributed by atoms with E-state index < -0.39 is 0 Å². The minimum absolute atomic E-state index is 0.123. The number of nitrogens with one attached hydrogen (secondary N) is 1. The van der Waals surface area contributed by atoms with Gasteiger partial charge in [-0.25, -0.2) is 0 Å². The van der Waals surface area contributed by atoms with Crippen LogP contribution in [0.1, 0.15) is 43.2 Å². The highest BCUT2D eigenvalue weighted by atomic mass is 35.5. The van der Waals surface area contributed by atoms with Gasteiger partial charge in [-0.2, -0.15) is 5.26 Å². The van der Waals surface area contributed by atoms with Gasteiger partial charge in [0.15, 0.2) is 0 Å². The molecule has 0 bridgehead atoms. The fraction of sp³-hybridized carbons (Fsp3) is 0.280. The Morgan fingerprint density at radius 1 is 1.16 bits per heavy atom. The number of rotatable bonds is 5. The van der Waals surface area contributed by atoms with Crippen molar-refractivity contribution in [3.8, 4) is 6.07 Å². The molecule has 0 spiro atoms. The van der Waals surface area contributed by atoms with Crippen molar-refractivity contribution >= 4 is 46.1 Å². The highest BCUT2D eigenvalue weighted by Gasteiger charge is 2.19. The molecule has 1 amide bonds. The number of aromatic nitrogens is 1. The second-order valence-electron chi connectivity index (χ2n) is 7.94. The van der Waals surface area contributed by atoms with Gasteiger partial charge < -0.3 is 9.88 Å². The summed E-state index contributed by atoms with van der Waals surface area (Å²) in [6.45, 7) is 0.556. The Hall–Kier alpha value is -2.74. The van der Waals surface area contributed by atoms with Crippen LogP contribution in [0, 0.1) is 11.3 Å². The van der Waals surface area contributed by atoms with Gasteiger partial charge in [-0.1, -0.05) is 66.7 Å². The van der Waals surface area contributed by atoms with Crippen LogP contribution in [0.25, 0.3) is 17.0 Å².